The number of likely N-dealkylation sites (N-methyl/N-ethyl adjacent to an activating group) is 1. The van der Waals surface area contributed by atoms with E-state index >= 15 is 0 Å². The predicted molar refractivity (Wildman–Crippen MR) is 136 cm³/mol. The Morgan fingerprint density at radius 1 is 1.20 bits per heavy atom. The molecule has 2 aromatic carbocycles. The van der Waals surface area contributed by atoms with Crippen LogP contribution in [0.1, 0.15) is 40.7 Å². The summed E-state index contributed by atoms with van der Waals surface area (Å²) in [6.45, 7) is 3.73. The van der Waals surface area contributed by atoms with Gasteiger partial charge in [-0.05, 0) is 92.9 Å². The first-order valence-electron chi connectivity index (χ1n) is 12.2. The Morgan fingerprint density at radius 2 is 2.09 bits per heavy atom. The minimum atomic E-state index is -0.407. The molecule has 2 aromatic heterocycles. The molecule has 1 saturated heterocycles. The smallest absolute Gasteiger partial charge is 0.252 e. The van der Waals surface area contributed by atoms with Crippen molar-refractivity contribution >= 4 is 16.8 Å². The van der Waals surface area contributed by atoms with Crippen LogP contribution in [0.4, 0.5) is 0 Å². The summed E-state index contributed by atoms with van der Waals surface area (Å²) in [6.07, 6.45) is 8.15. The number of rotatable bonds is 7. The average Bonchev–Trinajstić information content (AvgIpc) is 3.42. The van der Waals surface area contributed by atoms with Crippen molar-refractivity contribution in [2.75, 3.05) is 20.2 Å². The maximum Gasteiger partial charge on any atom is 0.252 e. The second-order valence-corrected chi connectivity index (χ2v) is 9.85. The van der Waals surface area contributed by atoms with Crippen LogP contribution in [0.15, 0.2) is 71.7 Å². The van der Waals surface area contributed by atoms with Crippen LogP contribution in [-0.2, 0) is 5.54 Å². The molecule has 4 aromatic rings. The van der Waals surface area contributed by atoms with Crippen LogP contribution in [0, 0.1) is 6.92 Å². The lowest BCUT2D eigenvalue weighted by Crippen LogP contribution is -2.48. The maximum absolute atomic E-state index is 13.5. The number of benzene rings is 2. The molecule has 0 radical (unpaired) electrons. The first-order valence-corrected chi connectivity index (χ1v) is 12.2. The van der Waals surface area contributed by atoms with Crippen LogP contribution >= 0.6 is 0 Å². The Balaban J connectivity index is 1.29. The van der Waals surface area contributed by atoms with E-state index in [0.29, 0.717) is 18.2 Å². The molecule has 1 amide bonds. The fourth-order valence-corrected chi connectivity index (χ4v) is 4.95. The quantitative estimate of drug-likeness (QED) is 0.399. The van der Waals surface area contributed by atoms with Crippen LogP contribution in [0.5, 0.6) is 5.75 Å². The Hall–Kier alpha value is -3.64. The summed E-state index contributed by atoms with van der Waals surface area (Å²) in [4.78, 5) is 20.4. The molecule has 0 spiro atoms. The monoisotopic (exact) mass is 467 g/mol. The number of likely N-dealkylation sites (tertiary alicyclic amines) is 1. The summed E-state index contributed by atoms with van der Waals surface area (Å²) >= 11 is 0. The predicted octanol–water partition coefficient (Wildman–Crippen LogP) is 5.31. The second kappa shape index (κ2) is 8.54. The molecule has 178 valence electrons. The number of nitrogens with one attached hydrogen (secondary N) is 1. The Labute approximate surface area is 204 Å². The molecule has 1 atom stereocenters. The van der Waals surface area contributed by atoms with Crippen LogP contribution in [0.25, 0.3) is 22.0 Å². The molecule has 1 aliphatic heterocycles. The summed E-state index contributed by atoms with van der Waals surface area (Å²) in [5.74, 6) is 0.666. The van der Waals surface area contributed by atoms with E-state index in [0.717, 1.165) is 64.7 Å². The zero-order valence-electron chi connectivity index (χ0n) is 20.1. The molecule has 0 bridgehead atoms. The molecule has 6 heteroatoms. The summed E-state index contributed by atoms with van der Waals surface area (Å²) in [7, 11) is 2.11. The third kappa shape index (κ3) is 4.08. The van der Waals surface area contributed by atoms with Gasteiger partial charge in [-0.3, -0.25) is 14.7 Å². The molecule has 6 nitrogen and oxygen atoms in total. The number of carbonyl (C=O) groups excluding carboxylic acids is 1. The molecule has 2 fully saturated rings. The molecule has 1 aliphatic carbocycles. The number of aromatic nitrogens is 1. The number of fused-ring (bicyclic) bond motifs is 1. The van der Waals surface area contributed by atoms with Gasteiger partial charge in [0.2, 0.25) is 0 Å². The molecular weight excluding hydrogens is 438 g/mol. The highest BCUT2D eigenvalue weighted by Gasteiger charge is 2.47. The number of hydrogen-bond acceptors (Lipinski definition) is 5. The number of hydrogen-bond donors (Lipinski definition) is 1. The van der Waals surface area contributed by atoms with Crippen molar-refractivity contribution in [1.29, 1.82) is 0 Å². The van der Waals surface area contributed by atoms with Crippen LogP contribution < -0.4 is 10.1 Å². The number of nitrogens with zero attached hydrogens (tertiary/aromatic N) is 2. The van der Waals surface area contributed by atoms with Gasteiger partial charge < -0.3 is 14.5 Å². The van der Waals surface area contributed by atoms with Gasteiger partial charge >= 0.3 is 0 Å². The third-order valence-corrected chi connectivity index (χ3v) is 7.53. The van der Waals surface area contributed by atoms with E-state index in [1.54, 1.807) is 18.7 Å². The summed E-state index contributed by atoms with van der Waals surface area (Å²) < 4.78 is 11.3. The van der Waals surface area contributed by atoms with Gasteiger partial charge in [-0.15, -0.1) is 0 Å². The van der Waals surface area contributed by atoms with Crippen molar-refractivity contribution < 1.29 is 13.9 Å². The lowest BCUT2D eigenvalue weighted by atomic mass is 9.94. The summed E-state index contributed by atoms with van der Waals surface area (Å²) in [5, 5.41) is 4.44. The van der Waals surface area contributed by atoms with Gasteiger partial charge in [-0.1, -0.05) is 12.1 Å². The Bertz CT molecular complexity index is 1390. The van der Waals surface area contributed by atoms with Crippen LogP contribution in [-0.4, -0.2) is 42.0 Å². The van der Waals surface area contributed by atoms with Crippen molar-refractivity contribution in [2.45, 2.75) is 37.8 Å². The SMILES string of the molecule is Cc1ccc(OCC2CCN2C)cc1C(=O)NC1(c2cc(-c3ccoc3)cc3ncccc23)CC1. The fourth-order valence-electron chi connectivity index (χ4n) is 4.95. The van der Waals surface area contributed by atoms with E-state index in [2.05, 4.69) is 40.4 Å². The molecule has 1 unspecified atom stereocenters. The van der Waals surface area contributed by atoms with E-state index in [1.807, 2.05) is 37.3 Å². The van der Waals surface area contributed by atoms with Crippen molar-refractivity contribution in [3.05, 3.63) is 83.9 Å². The summed E-state index contributed by atoms with van der Waals surface area (Å²) in [6, 6.07) is 16.5. The maximum atomic E-state index is 13.5. The number of furan rings is 1. The largest absolute Gasteiger partial charge is 0.492 e. The van der Waals surface area contributed by atoms with Gasteiger partial charge in [-0.25, -0.2) is 0 Å². The van der Waals surface area contributed by atoms with Gasteiger partial charge in [0.15, 0.2) is 0 Å². The first kappa shape index (κ1) is 21.9. The van der Waals surface area contributed by atoms with Gasteiger partial charge in [0, 0.05) is 28.8 Å². The molecule has 1 N–H and O–H groups in total. The summed E-state index contributed by atoms with van der Waals surface area (Å²) in [5.41, 5.74) is 5.23. The minimum Gasteiger partial charge on any atom is -0.492 e. The zero-order valence-corrected chi connectivity index (χ0v) is 20.1. The molecule has 6 rings (SSSR count). The molecule has 35 heavy (non-hydrogen) atoms. The molecule has 1 saturated carbocycles. The highest BCUT2D eigenvalue weighted by Crippen LogP contribution is 2.49. The standard InChI is InChI=1S/C29H29N3O3/c1-19-5-6-23(35-18-22-7-12-32(22)2)16-25(19)28(33)31-29(9-10-29)26-14-21(20-8-13-34-17-20)15-27-24(26)4-3-11-30-27/h3-6,8,11,13-17,22H,7,9-10,12,18H2,1-2H3,(H,31,33). The second-order valence-electron chi connectivity index (χ2n) is 9.85. The van der Waals surface area contributed by atoms with E-state index in [1.165, 1.54) is 0 Å². The number of amides is 1. The Kier molecular flexibility index (Phi) is 5.33. The molecule has 3 heterocycles. The number of aryl methyl sites for hydroxylation is 1. The van der Waals surface area contributed by atoms with E-state index in [-0.39, 0.29) is 5.91 Å². The number of carbonyl (C=O) groups is 1. The average molecular weight is 468 g/mol. The lowest BCUT2D eigenvalue weighted by Gasteiger charge is -2.37. The highest BCUT2D eigenvalue weighted by atomic mass is 16.5. The van der Waals surface area contributed by atoms with Crippen molar-refractivity contribution in [2.24, 2.45) is 0 Å². The van der Waals surface area contributed by atoms with Crippen LogP contribution in [0.3, 0.4) is 0 Å². The normalized spacial score (nSPS) is 18.7. The first-order chi connectivity index (χ1) is 17.0. The highest BCUT2D eigenvalue weighted by molar-refractivity contribution is 5.98. The Morgan fingerprint density at radius 3 is 2.80 bits per heavy atom. The van der Waals surface area contributed by atoms with Gasteiger partial charge in [0.25, 0.3) is 5.91 Å². The van der Waals surface area contributed by atoms with Crippen LogP contribution in [0.2, 0.25) is 0 Å². The number of ether oxygens (including phenoxy) is 1. The van der Waals surface area contributed by atoms with Gasteiger partial charge in [0.05, 0.1) is 23.6 Å². The van der Waals surface area contributed by atoms with E-state index < -0.39 is 5.54 Å². The van der Waals surface area contributed by atoms with Crippen molar-refractivity contribution in [3.8, 4) is 16.9 Å². The number of pyridine rings is 1. The van der Waals surface area contributed by atoms with E-state index in [4.69, 9.17) is 9.15 Å². The van der Waals surface area contributed by atoms with E-state index in [9.17, 15) is 4.79 Å². The lowest BCUT2D eigenvalue weighted by molar-refractivity contribution is 0.0767. The third-order valence-electron chi connectivity index (χ3n) is 7.53. The van der Waals surface area contributed by atoms with Gasteiger partial charge in [0.1, 0.15) is 12.4 Å². The van der Waals surface area contributed by atoms with Gasteiger partial charge in [-0.2, -0.15) is 0 Å². The molecular formula is C29H29N3O3. The molecule has 2 aliphatic rings. The van der Waals surface area contributed by atoms with Crippen molar-refractivity contribution in [3.63, 3.8) is 0 Å². The topological polar surface area (TPSA) is 67.6 Å². The fraction of sp³-hybridized carbons (Fsp3) is 0.310. The van der Waals surface area contributed by atoms with Crippen molar-refractivity contribution in [1.82, 2.24) is 15.2 Å². The minimum absolute atomic E-state index is 0.0723. The zero-order chi connectivity index (χ0) is 24.0.